The Morgan fingerprint density at radius 3 is 2.11 bits per heavy atom. The van der Waals surface area contributed by atoms with Crippen LogP contribution in [0.4, 0.5) is 5.69 Å². The van der Waals surface area contributed by atoms with Gasteiger partial charge in [-0.1, -0.05) is 52.5 Å². The second-order valence-electron chi connectivity index (χ2n) is 6.49. The van der Waals surface area contributed by atoms with Gasteiger partial charge in [0.15, 0.2) is 0 Å². The lowest BCUT2D eigenvalue weighted by Gasteiger charge is -2.34. The lowest BCUT2D eigenvalue weighted by atomic mass is 10.2. The number of hydrogen-bond donors (Lipinski definition) is 1. The van der Waals surface area contributed by atoms with Crippen LogP contribution in [-0.4, -0.2) is 48.4 Å². The standard InChI is InChI=1S/C19H19Cl4N3O/c20-14-2-1-13(18(23)10-14)11-25-3-5-26(6-4-25)12-19(27)24-17-8-15(21)7-16(22)9-17/h1-2,7-10H,3-6,11-12H2,(H,24,27). The summed E-state index contributed by atoms with van der Waals surface area (Å²) in [6.07, 6.45) is 0. The first kappa shape index (κ1) is 20.7. The van der Waals surface area contributed by atoms with E-state index in [2.05, 4.69) is 15.1 Å². The third kappa shape index (κ3) is 6.24. The molecule has 27 heavy (non-hydrogen) atoms. The second kappa shape index (κ2) is 9.46. The molecule has 0 radical (unpaired) electrons. The smallest absolute Gasteiger partial charge is 0.238 e. The average Bonchev–Trinajstić information content (AvgIpc) is 2.58. The number of nitrogens with one attached hydrogen (secondary N) is 1. The molecule has 2 aromatic carbocycles. The first-order chi connectivity index (χ1) is 12.9. The highest BCUT2D eigenvalue weighted by Crippen LogP contribution is 2.23. The van der Waals surface area contributed by atoms with E-state index in [9.17, 15) is 4.79 Å². The number of anilines is 1. The van der Waals surface area contributed by atoms with Gasteiger partial charge in [0.1, 0.15) is 0 Å². The molecule has 1 aliphatic rings. The fraction of sp³-hybridized carbons (Fsp3) is 0.316. The van der Waals surface area contributed by atoms with Crippen molar-refractivity contribution in [2.45, 2.75) is 6.54 Å². The van der Waals surface area contributed by atoms with Gasteiger partial charge in [0.2, 0.25) is 5.91 Å². The maximum absolute atomic E-state index is 12.3. The van der Waals surface area contributed by atoms with Gasteiger partial charge in [0.25, 0.3) is 0 Å². The van der Waals surface area contributed by atoms with Crippen LogP contribution in [-0.2, 0) is 11.3 Å². The summed E-state index contributed by atoms with van der Waals surface area (Å²) in [6.45, 7) is 4.48. The van der Waals surface area contributed by atoms with Crippen molar-refractivity contribution >= 4 is 58.0 Å². The summed E-state index contributed by atoms with van der Waals surface area (Å²) in [7, 11) is 0. The molecule has 3 rings (SSSR count). The number of carbonyl (C=O) groups excluding carboxylic acids is 1. The molecule has 1 aliphatic heterocycles. The minimum atomic E-state index is -0.0810. The Hall–Kier alpha value is -1.01. The summed E-state index contributed by atoms with van der Waals surface area (Å²) in [5.41, 5.74) is 1.67. The number of nitrogens with zero attached hydrogens (tertiary/aromatic N) is 2. The van der Waals surface area contributed by atoms with Gasteiger partial charge in [-0.05, 0) is 35.9 Å². The zero-order valence-corrected chi connectivity index (χ0v) is 17.5. The molecule has 2 aromatic rings. The quantitative estimate of drug-likeness (QED) is 0.697. The van der Waals surface area contributed by atoms with Gasteiger partial charge in [0, 0.05) is 58.5 Å². The normalized spacial score (nSPS) is 15.7. The number of rotatable bonds is 5. The molecule has 1 N–H and O–H groups in total. The van der Waals surface area contributed by atoms with Crippen LogP contribution in [0.25, 0.3) is 0 Å². The molecule has 1 heterocycles. The largest absolute Gasteiger partial charge is 0.325 e. The van der Waals surface area contributed by atoms with Crippen LogP contribution in [0.5, 0.6) is 0 Å². The Morgan fingerprint density at radius 2 is 1.48 bits per heavy atom. The highest BCUT2D eigenvalue weighted by atomic mass is 35.5. The molecule has 0 bridgehead atoms. The first-order valence-corrected chi connectivity index (χ1v) is 10.0. The van der Waals surface area contributed by atoms with Crippen molar-refractivity contribution in [1.82, 2.24) is 9.80 Å². The summed E-state index contributed by atoms with van der Waals surface area (Å²) in [5, 5.41) is 5.15. The zero-order valence-electron chi connectivity index (χ0n) is 14.5. The third-order valence-electron chi connectivity index (χ3n) is 4.39. The number of benzene rings is 2. The van der Waals surface area contributed by atoms with Crippen molar-refractivity contribution in [3.05, 3.63) is 62.1 Å². The number of hydrogen-bond acceptors (Lipinski definition) is 3. The monoisotopic (exact) mass is 445 g/mol. The lowest BCUT2D eigenvalue weighted by molar-refractivity contribution is -0.117. The molecule has 144 valence electrons. The molecular formula is C19H19Cl4N3O. The molecule has 1 amide bonds. The van der Waals surface area contributed by atoms with Crippen molar-refractivity contribution in [3.8, 4) is 0 Å². The number of piperazine rings is 1. The second-order valence-corrected chi connectivity index (χ2v) is 8.21. The molecule has 1 saturated heterocycles. The van der Waals surface area contributed by atoms with E-state index < -0.39 is 0 Å². The summed E-state index contributed by atoms with van der Waals surface area (Å²) >= 11 is 24.1. The lowest BCUT2D eigenvalue weighted by Crippen LogP contribution is -2.48. The van der Waals surface area contributed by atoms with E-state index >= 15 is 0 Å². The van der Waals surface area contributed by atoms with Gasteiger partial charge < -0.3 is 5.32 Å². The van der Waals surface area contributed by atoms with E-state index in [0.717, 1.165) is 38.3 Å². The van der Waals surface area contributed by atoms with E-state index in [-0.39, 0.29) is 5.91 Å². The topological polar surface area (TPSA) is 35.6 Å². The number of amides is 1. The molecular weight excluding hydrogens is 428 g/mol. The van der Waals surface area contributed by atoms with Crippen molar-refractivity contribution in [2.75, 3.05) is 38.0 Å². The average molecular weight is 447 g/mol. The SMILES string of the molecule is O=C(CN1CCN(Cc2ccc(Cl)cc2Cl)CC1)Nc1cc(Cl)cc(Cl)c1. The predicted molar refractivity (Wildman–Crippen MR) is 113 cm³/mol. The van der Waals surface area contributed by atoms with Crippen LogP contribution in [0, 0.1) is 0 Å². The van der Waals surface area contributed by atoms with Gasteiger partial charge in [-0.15, -0.1) is 0 Å². The minimum Gasteiger partial charge on any atom is -0.325 e. The third-order valence-corrected chi connectivity index (χ3v) is 5.41. The van der Waals surface area contributed by atoms with Crippen molar-refractivity contribution in [3.63, 3.8) is 0 Å². The van der Waals surface area contributed by atoms with Crippen molar-refractivity contribution in [1.29, 1.82) is 0 Å². The van der Waals surface area contributed by atoms with E-state index in [4.69, 9.17) is 46.4 Å². The van der Waals surface area contributed by atoms with Crippen LogP contribution < -0.4 is 5.32 Å². The van der Waals surface area contributed by atoms with E-state index in [1.54, 1.807) is 24.3 Å². The molecule has 0 saturated carbocycles. The fourth-order valence-corrected chi connectivity index (χ4v) is 4.02. The van der Waals surface area contributed by atoms with Crippen LogP contribution in [0.1, 0.15) is 5.56 Å². The Labute approximate surface area is 178 Å². The Morgan fingerprint density at radius 1 is 0.852 bits per heavy atom. The van der Waals surface area contributed by atoms with Crippen LogP contribution in [0.2, 0.25) is 20.1 Å². The van der Waals surface area contributed by atoms with Gasteiger partial charge in [-0.2, -0.15) is 0 Å². The fourth-order valence-electron chi connectivity index (χ4n) is 3.03. The predicted octanol–water partition coefficient (Wildman–Crippen LogP) is 5.06. The van der Waals surface area contributed by atoms with Gasteiger partial charge in [-0.25, -0.2) is 0 Å². The highest BCUT2D eigenvalue weighted by Gasteiger charge is 2.20. The number of carbonyl (C=O) groups is 1. The van der Waals surface area contributed by atoms with Crippen LogP contribution in [0.3, 0.4) is 0 Å². The highest BCUT2D eigenvalue weighted by molar-refractivity contribution is 6.35. The van der Waals surface area contributed by atoms with Gasteiger partial charge in [-0.3, -0.25) is 14.6 Å². The maximum Gasteiger partial charge on any atom is 0.238 e. The molecule has 8 heteroatoms. The van der Waals surface area contributed by atoms with E-state index in [1.807, 2.05) is 12.1 Å². The van der Waals surface area contributed by atoms with Crippen LogP contribution >= 0.6 is 46.4 Å². The molecule has 0 spiro atoms. The molecule has 0 aromatic heterocycles. The molecule has 1 fully saturated rings. The molecule has 4 nitrogen and oxygen atoms in total. The molecule has 0 aliphatic carbocycles. The zero-order chi connectivity index (χ0) is 19.4. The van der Waals surface area contributed by atoms with Gasteiger partial charge in [0.05, 0.1) is 6.54 Å². The summed E-state index contributed by atoms with van der Waals surface area (Å²) in [4.78, 5) is 16.7. The van der Waals surface area contributed by atoms with E-state index in [1.165, 1.54) is 0 Å². The maximum atomic E-state index is 12.3. The summed E-state index contributed by atoms with van der Waals surface area (Å²) in [5.74, 6) is -0.0810. The summed E-state index contributed by atoms with van der Waals surface area (Å²) < 4.78 is 0. The first-order valence-electron chi connectivity index (χ1n) is 8.53. The summed E-state index contributed by atoms with van der Waals surface area (Å²) in [6, 6.07) is 10.6. The minimum absolute atomic E-state index is 0.0810. The van der Waals surface area contributed by atoms with Crippen molar-refractivity contribution in [2.24, 2.45) is 0 Å². The van der Waals surface area contributed by atoms with E-state index in [0.29, 0.717) is 32.3 Å². The molecule has 0 atom stereocenters. The molecule has 0 unspecified atom stereocenters. The Balaban J connectivity index is 1.46. The van der Waals surface area contributed by atoms with Crippen molar-refractivity contribution < 1.29 is 4.79 Å². The Kier molecular flexibility index (Phi) is 7.26. The number of halogens is 4. The Bertz CT molecular complexity index is 802. The van der Waals surface area contributed by atoms with Crippen LogP contribution in [0.15, 0.2) is 36.4 Å². The van der Waals surface area contributed by atoms with Gasteiger partial charge >= 0.3 is 0 Å².